The van der Waals surface area contributed by atoms with E-state index in [1.807, 2.05) is 37.3 Å². The summed E-state index contributed by atoms with van der Waals surface area (Å²) in [6.45, 7) is 4.90. The lowest BCUT2D eigenvalue weighted by Crippen LogP contribution is -2.40. The minimum Gasteiger partial charge on any atom is -0.493 e. The lowest BCUT2D eigenvalue weighted by Gasteiger charge is -2.26. The molecule has 2 fully saturated rings. The van der Waals surface area contributed by atoms with Crippen molar-refractivity contribution in [1.82, 2.24) is 9.80 Å². The largest absolute Gasteiger partial charge is 0.493 e. The third-order valence-electron chi connectivity index (χ3n) is 5.57. The van der Waals surface area contributed by atoms with Crippen LogP contribution >= 0.6 is 11.8 Å². The monoisotopic (exact) mass is 495 g/mol. The standard InChI is InChI=1S/C26H29N3O5S/c1-4-12-34-21-9-8-18(15-22(21)32-3)16-23-25(31)28(2)26(35-23)27-20-7-5-6-19(17-20)24(30)29-10-13-33-14-11-29/h5-9,15-17H,4,10-14H2,1-3H3/b23-16+,27-26?. The third kappa shape index (κ3) is 5.86. The maximum atomic E-state index is 12.9. The molecule has 0 atom stereocenters. The topological polar surface area (TPSA) is 80.7 Å². The Morgan fingerprint density at radius 3 is 2.71 bits per heavy atom. The minimum absolute atomic E-state index is 0.0419. The second-order valence-electron chi connectivity index (χ2n) is 8.08. The van der Waals surface area contributed by atoms with Gasteiger partial charge in [-0.2, -0.15) is 0 Å². The number of methoxy groups -OCH3 is 1. The summed E-state index contributed by atoms with van der Waals surface area (Å²) >= 11 is 1.29. The molecule has 0 radical (unpaired) electrons. The van der Waals surface area contributed by atoms with Crippen LogP contribution in [0.15, 0.2) is 52.4 Å². The van der Waals surface area contributed by atoms with Gasteiger partial charge >= 0.3 is 0 Å². The molecule has 0 saturated carbocycles. The molecule has 2 aliphatic heterocycles. The van der Waals surface area contributed by atoms with Crippen molar-refractivity contribution in [2.75, 3.05) is 47.1 Å². The lowest BCUT2D eigenvalue weighted by atomic mass is 10.1. The number of ether oxygens (including phenoxy) is 3. The van der Waals surface area contributed by atoms with Gasteiger partial charge < -0.3 is 19.1 Å². The van der Waals surface area contributed by atoms with Crippen molar-refractivity contribution in [3.63, 3.8) is 0 Å². The van der Waals surface area contributed by atoms with Gasteiger partial charge in [0.15, 0.2) is 16.7 Å². The summed E-state index contributed by atoms with van der Waals surface area (Å²) in [5.41, 5.74) is 2.01. The van der Waals surface area contributed by atoms with Crippen LogP contribution in [0, 0.1) is 0 Å². The van der Waals surface area contributed by atoms with Crippen LogP contribution < -0.4 is 9.47 Å². The minimum atomic E-state index is -0.139. The number of carbonyl (C=O) groups excluding carboxylic acids is 2. The van der Waals surface area contributed by atoms with E-state index >= 15 is 0 Å². The zero-order valence-corrected chi connectivity index (χ0v) is 21.0. The maximum Gasteiger partial charge on any atom is 0.266 e. The maximum absolute atomic E-state index is 12.9. The highest BCUT2D eigenvalue weighted by Gasteiger charge is 2.30. The van der Waals surface area contributed by atoms with Crippen molar-refractivity contribution < 1.29 is 23.8 Å². The van der Waals surface area contributed by atoms with Crippen LogP contribution in [-0.2, 0) is 9.53 Å². The van der Waals surface area contributed by atoms with Gasteiger partial charge in [0.1, 0.15) is 0 Å². The first kappa shape index (κ1) is 24.8. The molecule has 2 aromatic rings. The normalized spacial score (nSPS) is 18.4. The zero-order valence-electron chi connectivity index (χ0n) is 20.2. The molecule has 2 aromatic carbocycles. The lowest BCUT2D eigenvalue weighted by molar-refractivity contribution is -0.121. The number of aliphatic imine (C=N–C) groups is 1. The fraction of sp³-hybridized carbons (Fsp3) is 0.346. The second kappa shape index (κ2) is 11.4. The fourth-order valence-electron chi connectivity index (χ4n) is 3.68. The summed E-state index contributed by atoms with van der Waals surface area (Å²) in [6.07, 6.45) is 2.72. The number of likely N-dealkylation sites (N-methyl/N-ethyl adjacent to an activating group) is 1. The van der Waals surface area contributed by atoms with Gasteiger partial charge in [-0.1, -0.05) is 19.1 Å². The molecule has 2 aliphatic rings. The number of amidine groups is 1. The van der Waals surface area contributed by atoms with E-state index in [1.54, 1.807) is 37.3 Å². The summed E-state index contributed by atoms with van der Waals surface area (Å²) in [6, 6.07) is 12.8. The van der Waals surface area contributed by atoms with E-state index < -0.39 is 0 Å². The summed E-state index contributed by atoms with van der Waals surface area (Å²) < 4.78 is 16.5. The SMILES string of the molecule is CCCOc1ccc(/C=C2/SC(=Nc3cccc(C(=O)N4CCOCC4)c3)N(C)C2=O)cc1OC. The Labute approximate surface area is 209 Å². The number of hydrogen-bond acceptors (Lipinski definition) is 7. The van der Waals surface area contributed by atoms with E-state index in [0.29, 0.717) is 65.7 Å². The molecule has 184 valence electrons. The first-order valence-electron chi connectivity index (χ1n) is 11.5. The Morgan fingerprint density at radius 2 is 1.97 bits per heavy atom. The quantitative estimate of drug-likeness (QED) is 0.536. The van der Waals surface area contributed by atoms with Gasteiger partial charge in [-0.05, 0) is 60.2 Å². The number of amides is 2. The molecule has 0 bridgehead atoms. The Morgan fingerprint density at radius 1 is 1.17 bits per heavy atom. The van der Waals surface area contributed by atoms with Gasteiger partial charge in [0.25, 0.3) is 11.8 Å². The van der Waals surface area contributed by atoms with E-state index in [4.69, 9.17) is 14.2 Å². The van der Waals surface area contributed by atoms with Gasteiger partial charge in [-0.25, -0.2) is 4.99 Å². The Kier molecular flexibility index (Phi) is 8.09. The number of carbonyl (C=O) groups is 2. The van der Waals surface area contributed by atoms with E-state index in [1.165, 1.54) is 16.7 Å². The van der Waals surface area contributed by atoms with Crippen molar-refractivity contribution in [1.29, 1.82) is 0 Å². The molecule has 4 rings (SSSR count). The molecule has 9 heteroatoms. The van der Waals surface area contributed by atoms with E-state index in [9.17, 15) is 9.59 Å². The van der Waals surface area contributed by atoms with Crippen LogP contribution in [0.3, 0.4) is 0 Å². The molecule has 0 unspecified atom stereocenters. The highest BCUT2D eigenvalue weighted by atomic mass is 32.2. The second-order valence-corrected chi connectivity index (χ2v) is 9.09. The Bertz CT molecular complexity index is 1160. The number of benzene rings is 2. The number of nitrogens with zero attached hydrogens (tertiary/aromatic N) is 3. The summed E-state index contributed by atoms with van der Waals surface area (Å²) in [4.78, 5) is 34.2. The molecule has 8 nitrogen and oxygen atoms in total. The van der Waals surface area contributed by atoms with E-state index in [0.717, 1.165) is 12.0 Å². The highest BCUT2D eigenvalue weighted by molar-refractivity contribution is 8.18. The smallest absolute Gasteiger partial charge is 0.266 e. The van der Waals surface area contributed by atoms with Crippen LogP contribution in [0.4, 0.5) is 5.69 Å². The van der Waals surface area contributed by atoms with Crippen molar-refractivity contribution in [3.05, 3.63) is 58.5 Å². The fourth-order valence-corrected chi connectivity index (χ4v) is 4.66. The number of hydrogen-bond donors (Lipinski definition) is 0. The molecule has 2 saturated heterocycles. The number of thioether (sulfide) groups is 1. The van der Waals surface area contributed by atoms with E-state index in [-0.39, 0.29) is 11.8 Å². The van der Waals surface area contributed by atoms with Crippen molar-refractivity contribution in [2.24, 2.45) is 4.99 Å². The first-order valence-corrected chi connectivity index (χ1v) is 12.4. The molecule has 2 amide bonds. The van der Waals surface area contributed by atoms with Gasteiger partial charge in [0.05, 0.1) is 37.5 Å². The van der Waals surface area contributed by atoms with Gasteiger partial charge in [0, 0.05) is 25.7 Å². The average Bonchev–Trinajstić information content (AvgIpc) is 3.15. The third-order valence-corrected chi connectivity index (χ3v) is 6.63. The molecule has 2 heterocycles. The van der Waals surface area contributed by atoms with Gasteiger partial charge in [0.2, 0.25) is 0 Å². The molecule has 35 heavy (non-hydrogen) atoms. The number of rotatable bonds is 7. The van der Waals surface area contributed by atoms with Crippen LogP contribution in [0.25, 0.3) is 6.08 Å². The molecule has 0 aliphatic carbocycles. The molecule has 0 spiro atoms. The summed E-state index contributed by atoms with van der Waals surface area (Å²) in [5.74, 6) is 1.11. The van der Waals surface area contributed by atoms with Crippen LogP contribution in [-0.4, -0.2) is 73.8 Å². The molecule has 0 aromatic heterocycles. The van der Waals surface area contributed by atoms with Crippen LogP contribution in [0.2, 0.25) is 0 Å². The van der Waals surface area contributed by atoms with Crippen molar-refractivity contribution in [3.8, 4) is 11.5 Å². The molecule has 0 N–H and O–H groups in total. The summed E-state index contributed by atoms with van der Waals surface area (Å²) in [5, 5.41) is 0.548. The Hall–Kier alpha value is -3.30. The van der Waals surface area contributed by atoms with Crippen LogP contribution in [0.5, 0.6) is 11.5 Å². The van der Waals surface area contributed by atoms with Crippen molar-refractivity contribution in [2.45, 2.75) is 13.3 Å². The average molecular weight is 496 g/mol. The van der Waals surface area contributed by atoms with Gasteiger partial charge in [-0.3, -0.25) is 14.5 Å². The van der Waals surface area contributed by atoms with E-state index in [2.05, 4.69) is 4.99 Å². The summed E-state index contributed by atoms with van der Waals surface area (Å²) in [7, 11) is 3.29. The molecular weight excluding hydrogens is 466 g/mol. The predicted molar refractivity (Wildman–Crippen MR) is 137 cm³/mol. The molecular formula is C26H29N3O5S. The van der Waals surface area contributed by atoms with Crippen LogP contribution in [0.1, 0.15) is 29.3 Å². The Balaban J connectivity index is 1.53. The van der Waals surface area contributed by atoms with Crippen molar-refractivity contribution >= 4 is 40.5 Å². The first-order chi connectivity index (χ1) is 17.0. The zero-order chi connectivity index (χ0) is 24.8. The highest BCUT2D eigenvalue weighted by Crippen LogP contribution is 2.35. The predicted octanol–water partition coefficient (Wildman–Crippen LogP) is 4.19. The van der Waals surface area contributed by atoms with Gasteiger partial charge in [-0.15, -0.1) is 0 Å². The number of morpholine rings is 1.